The largest absolute Gasteiger partial charge is 0.489 e. The van der Waals surface area contributed by atoms with Crippen LogP contribution in [0.4, 0.5) is 22.0 Å². The average Bonchev–Trinajstić information content (AvgIpc) is 2.61. The summed E-state index contributed by atoms with van der Waals surface area (Å²) in [5.41, 5.74) is -0.671. The molecule has 0 spiro atoms. The molecule has 1 aromatic rings. The van der Waals surface area contributed by atoms with Crippen molar-refractivity contribution >= 4 is 44.6 Å². The minimum atomic E-state index is -6.58. The van der Waals surface area contributed by atoms with E-state index in [0.29, 0.717) is 0 Å². The van der Waals surface area contributed by atoms with Crippen LogP contribution in [0.1, 0.15) is 17.3 Å². The summed E-state index contributed by atoms with van der Waals surface area (Å²) in [6.07, 6.45) is -10.5. The molecule has 15 heteroatoms. The van der Waals surface area contributed by atoms with Crippen LogP contribution in [-0.4, -0.2) is 55.7 Å². The Morgan fingerprint density at radius 1 is 1.19 bits per heavy atom. The number of halogens is 6. The van der Waals surface area contributed by atoms with Crippen LogP contribution < -0.4 is 4.74 Å². The quantitative estimate of drug-likeness (QED) is 0.117. The van der Waals surface area contributed by atoms with E-state index in [9.17, 15) is 40.0 Å². The van der Waals surface area contributed by atoms with Crippen LogP contribution in [0.3, 0.4) is 0 Å². The van der Waals surface area contributed by atoms with Gasteiger partial charge in [-0.05, 0) is 47.7 Å². The zero-order valence-electron chi connectivity index (χ0n) is 15.4. The normalized spacial score (nSPS) is 13.3. The topological polar surface area (TPSA) is 116 Å². The van der Waals surface area contributed by atoms with Crippen LogP contribution >= 0.6 is 22.6 Å². The highest BCUT2D eigenvalue weighted by Crippen LogP contribution is 2.39. The van der Waals surface area contributed by atoms with Crippen molar-refractivity contribution in [3.05, 3.63) is 39.5 Å². The summed E-state index contributed by atoms with van der Waals surface area (Å²) in [5, 5.41) is -5.87. The van der Waals surface area contributed by atoms with Gasteiger partial charge in [-0.3, -0.25) is 4.55 Å². The van der Waals surface area contributed by atoms with Gasteiger partial charge in [-0.2, -0.15) is 30.4 Å². The molecule has 1 aromatic carbocycles. The molecule has 0 saturated heterocycles. The summed E-state index contributed by atoms with van der Waals surface area (Å²) >= 11 is 1.65. The van der Waals surface area contributed by atoms with Gasteiger partial charge in [0.05, 0.1) is 0 Å². The van der Waals surface area contributed by atoms with E-state index in [1.54, 1.807) is 22.6 Å². The second-order valence-corrected chi connectivity index (χ2v) is 8.51. The molecule has 0 saturated carbocycles. The number of rotatable bonds is 9. The average molecular weight is 588 g/mol. The molecule has 1 atom stereocenters. The lowest BCUT2D eigenvalue weighted by Gasteiger charge is -2.26. The Morgan fingerprint density at radius 3 is 2.26 bits per heavy atom. The van der Waals surface area contributed by atoms with Crippen molar-refractivity contribution in [2.45, 2.75) is 24.5 Å². The Kier molecular flexibility index (Phi) is 8.78. The fourth-order valence-electron chi connectivity index (χ4n) is 1.83. The van der Waals surface area contributed by atoms with Crippen molar-refractivity contribution < 1.29 is 58.7 Å². The Morgan fingerprint density at radius 2 is 1.77 bits per heavy atom. The molecule has 1 unspecified atom stereocenters. The monoisotopic (exact) mass is 588 g/mol. The van der Waals surface area contributed by atoms with Gasteiger partial charge in [-0.15, -0.1) is 0 Å². The third kappa shape index (κ3) is 7.27. The molecule has 0 fully saturated rings. The molecular formula is C16H14F5IO8S. The predicted octanol–water partition coefficient (Wildman–Crippen LogP) is 3.36. The first-order valence-corrected chi connectivity index (χ1v) is 10.4. The lowest BCUT2D eigenvalue weighted by Crippen LogP contribution is -2.52. The summed E-state index contributed by atoms with van der Waals surface area (Å²) in [7, 11) is -6.58. The van der Waals surface area contributed by atoms with Gasteiger partial charge < -0.3 is 14.2 Å². The first kappa shape index (κ1) is 27.0. The van der Waals surface area contributed by atoms with E-state index < -0.39 is 50.9 Å². The lowest BCUT2D eigenvalue weighted by atomic mass is 10.2. The summed E-state index contributed by atoms with van der Waals surface area (Å²) in [5.74, 6) is -3.18. The second-order valence-electron chi connectivity index (χ2n) is 5.77. The molecule has 0 aliphatic rings. The van der Waals surface area contributed by atoms with Gasteiger partial charge in [-0.1, -0.05) is 6.58 Å². The fraction of sp³-hybridized carbons (Fsp3) is 0.375. The van der Waals surface area contributed by atoms with Crippen molar-refractivity contribution in [1.29, 1.82) is 0 Å². The van der Waals surface area contributed by atoms with Gasteiger partial charge in [0.1, 0.15) is 24.5 Å². The molecule has 31 heavy (non-hydrogen) atoms. The van der Waals surface area contributed by atoms with Crippen molar-refractivity contribution in [2.24, 2.45) is 0 Å². The predicted molar refractivity (Wildman–Crippen MR) is 102 cm³/mol. The molecule has 174 valence electrons. The van der Waals surface area contributed by atoms with Crippen LogP contribution in [0, 0.1) is 3.57 Å². The maximum Gasteiger partial charge on any atom is 0.432 e. The minimum absolute atomic E-state index is 0.0801. The Hall–Kier alpha value is -2.01. The zero-order chi connectivity index (χ0) is 24.2. The number of benzene rings is 1. The molecule has 0 aliphatic carbocycles. The Labute approximate surface area is 186 Å². The van der Waals surface area contributed by atoms with Crippen LogP contribution in [0.5, 0.6) is 5.75 Å². The van der Waals surface area contributed by atoms with Crippen molar-refractivity contribution in [3.63, 3.8) is 0 Å². The third-order valence-corrected chi connectivity index (χ3v) is 4.83. The van der Waals surface area contributed by atoms with Crippen LogP contribution in [-0.2, 0) is 24.4 Å². The van der Waals surface area contributed by atoms with E-state index in [-0.39, 0.29) is 22.4 Å². The van der Waals surface area contributed by atoms with Crippen LogP contribution in [0.2, 0.25) is 0 Å². The van der Waals surface area contributed by atoms with Crippen LogP contribution in [0.15, 0.2) is 30.4 Å². The van der Waals surface area contributed by atoms with E-state index >= 15 is 0 Å². The first-order valence-electron chi connectivity index (χ1n) is 7.86. The maximum absolute atomic E-state index is 13.6. The number of esters is 2. The number of carbonyl (C=O) groups excluding carboxylic acids is 2. The molecule has 1 rings (SSSR count). The lowest BCUT2D eigenvalue weighted by molar-refractivity contribution is -0.248. The standard InChI is InChI=1S/C16H14F5IO8S/c1-8(2)12(23)29-6-5-28-11-4-3-9(22)7-10(11)13(24)30-14(15(17,18)19)16(20,21)31(25,26)27/h3-4,7,14H,1,5-6H2,2H3,(H,25,26,27). The summed E-state index contributed by atoms with van der Waals surface area (Å²) in [6.45, 7) is 3.97. The van der Waals surface area contributed by atoms with E-state index in [1.807, 2.05) is 0 Å². The van der Waals surface area contributed by atoms with Gasteiger partial charge in [0.15, 0.2) is 0 Å². The molecule has 0 amide bonds. The SMILES string of the molecule is C=C(C)C(=O)OCCOc1ccc(I)cc1C(=O)OC(C(F)(F)F)C(F)(F)S(=O)(=O)O. The van der Waals surface area contributed by atoms with Gasteiger partial charge in [0.25, 0.3) is 6.10 Å². The first-order chi connectivity index (χ1) is 14.0. The van der Waals surface area contributed by atoms with Gasteiger partial charge >= 0.3 is 33.5 Å². The van der Waals surface area contributed by atoms with Crippen LogP contribution in [0.25, 0.3) is 0 Å². The molecule has 0 heterocycles. The molecule has 0 bridgehead atoms. The highest BCUT2D eigenvalue weighted by Gasteiger charge is 2.66. The number of ether oxygens (including phenoxy) is 3. The summed E-state index contributed by atoms with van der Waals surface area (Å²) < 4.78 is 110. The minimum Gasteiger partial charge on any atom is -0.489 e. The fourth-order valence-corrected chi connectivity index (χ4v) is 2.77. The van der Waals surface area contributed by atoms with E-state index in [0.717, 1.165) is 12.1 Å². The van der Waals surface area contributed by atoms with E-state index in [2.05, 4.69) is 11.3 Å². The highest BCUT2D eigenvalue weighted by molar-refractivity contribution is 14.1. The van der Waals surface area contributed by atoms with E-state index in [4.69, 9.17) is 14.0 Å². The summed E-state index contributed by atoms with van der Waals surface area (Å²) in [6, 6.07) is 3.38. The van der Waals surface area contributed by atoms with Crippen molar-refractivity contribution in [2.75, 3.05) is 13.2 Å². The maximum atomic E-state index is 13.6. The molecule has 8 nitrogen and oxygen atoms in total. The van der Waals surface area contributed by atoms with Crippen molar-refractivity contribution in [3.8, 4) is 5.75 Å². The second kappa shape index (κ2) is 10.1. The zero-order valence-corrected chi connectivity index (χ0v) is 18.4. The molecule has 0 aliphatic heterocycles. The smallest absolute Gasteiger partial charge is 0.432 e. The van der Waals surface area contributed by atoms with Crippen molar-refractivity contribution in [1.82, 2.24) is 0 Å². The Bertz CT molecular complexity index is 961. The third-order valence-electron chi connectivity index (χ3n) is 3.26. The van der Waals surface area contributed by atoms with Gasteiger partial charge in [0, 0.05) is 9.14 Å². The van der Waals surface area contributed by atoms with Gasteiger partial charge in [0.2, 0.25) is 0 Å². The molecular weight excluding hydrogens is 574 g/mol. The number of alkyl halides is 5. The summed E-state index contributed by atoms with van der Waals surface area (Å²) in [4.78, 5) is 23.4. The Balaban J connectivity index is 3.12. The molecule has 1 N–H and O–H groups in total. The number of hydrogen-bond acceptors (Lipinski definition) is 7. The van der Waals surface area contributed by atoms with Gasteiger partial charge in [-0.25, -0.2) is 9.59 Å². The highest BCUT2D eigenvalue weighted by atomic mass is 127. The number of carbonyl (C=O) groups is 2. The molecule has 0 radical (unpaired) electrons. The van der Waals surface area contributed by atoms with E-state index in [1.165, 1.54) is 13.0 Å². The molecule has 0 aromatic heterocycles. The number of hydrogen-bond donors (Lipinski definition) is 1.